The third-order valence-electron chi connectivity index (χ3n) is 6.19. The minimum atomic E-state index is -0.603. The zero-order valence-electron chi connectivity index (χ0n) is 21.0. The summed E-state index contributed by atoms with van der Waals surface area (Å²) in [5.74, 6) is 0.785. The molecule has 9 heteroatoms. The van der Waals surface area contributed by atoms with Crippen LogP contribution in [0.3, 0.4) is 0 Å². The number of urea groups is 1. The van der Waals surface area contributed by atoms with Gasteiger partial charge in [-0.05, 0) is 46.0 Å². The van der Waals surface area contributed by atoms with Gasteiger partial charge in [0.15, 0.2) is 0 Å². The smallest absolute Gasteiger partial charge is 0.315 e. The molecule has 32 heavy (non-hydrogen) atoms. The fourth-order valence-electron chi connectivity index (χ4n) is 4.50. The van der Waals surface area contributed by atoms with Crippen LogP contribution in [0, 0.1) is 10.8 Å². The topological polar surface area (TPSA) is 118 Å². The molecule has 2 fully saturated rings. The molecular formula is C23H43N5O3S. The van der Waals surface area contributed by atoms with E-state index in [0.29, 0.717) is 19.4 Å². The SMILES string of the molecule is CC(C)(N)CCOC(C)(C)C/C=N/NC(=O)C(C)(C)CC(C)(C)C1SCC2NC(=O)NC21. The fourth-order valence-corrected chi connectivity index (χ4v) is 6.20. The van der Waals surface area contributed by atoms with Crippen LogP contribution < -0.4 is 21.8 Å². The van der Waals surface area contributed by atoms with Gasteiger partial charge in [0.2, 0.25) is 5.91 Å². The Bertz CT molecular complexity index is 715. The third-order valence-corrected chi connectivity index (χ3v) is 8.03. The zero-order chi connectivity index (χ0) is 24.4. The van der Waals surface area contributed by atoms with Gasteiger partial charge in [-0.15, -0.1) is 0 Å². The van der Waals surface area contributed by atoms with Crippen molar-refractivity contribution in [3.63, 3.8) is 0 Å². The molecule has 2 saturated heterocycles. The molecule has 8 nitrogen and oxygen atoms in total. The number of rotatable bonds is 11. The molecule has 0 aliphatic carbocycles. The number of nitrogens with zero attached hydrogens (tertiary/aromatic N) is 1. The van der Waals surface area contributed by atoms with E-state index in [1.54, 1.807) is 6.21 Å². The highest BCUT2D eigenvalue weighted by atomic mass is 32.2. The lowest BCUT2D eigenvalue weighted by Gasteiger charge is -2.39. The highest BCUT2D eigenvalue weighted by molar-refractivity contribution is 8.00. The minimum Gasteiger partial charge on any atom is -0.375 e. The summed E-state index contributed by atoms with van der Waals surface area (Å²) in [5.41, 5.74) is 7.33. The van der Waals surface area contributed by atoms with Gasteiger partial charge in [-0.2, -0.15) is 16.9 Å². The van der Waals surface area contributed by atoms with E-state index in [-0.39, 0.29) is 45.8 Å². The summed E-state index contributed by atoms with van der Waals surface area (Å²) in [6.07, 6.45) is 3.74. The van der Waals surface area contributed by atoms with Crippen molar-refractivity contribution in [1.82, 2.24) is 16.1 Å². The van der Waals surface area contributed by atoms with Crippen LogP contribution in [0.25, 0.3) is 0 Å². The highest BCUT2D eigenvalue weighted by Crippen LogP contribution is 2.47. The maximum absolute atomic E-state index is 12.9. The number of amides is 3. The van der Waals surface area contributed by atoms with Crippen LogP contribution in [0.15, 0.2) is 5.10 Å². The molecule has 0 aromatic carbocycles. The van der Waals surface area contributed by atoms with E-state index in [2.05, 4.69) is 35.0 Å². The molecular weight excluding hydrogens is 426 g/mol. The standard InChI is InChI=1S/C23H43N5O3S/c1-20(2,17-16-15(13-32-17)26-19(30)27-16)14-21(3,4)18(29)28-25-11-9-23(7,8)31-12-10-22(5,6)24/h11,15-17H,9-10,12-14,24H2,1-8H3,(H,28,29)(H2,26,27,30)/b25-11+. The molecule has 5 N–H and O–H groups in total. The monoisotopic (exact) mass is 469 g/mol. The van der Waals surface area contributed by atoms with Crippen LogP contribution in [-0.2, 0) is 9.53 Å². The Balaban J connectivity index is 1.84. The second-order valence-electron chi connectivity index (χ2n) is 11.9. The van der Waals surface area contributed by atoms with Gasteiger partial charge in [0.25, 0.3) is 0 Å². The normalized spacial score (nSPS) is 24.4. The first-order valence-corrected chi connectivity index (χ1v) is 12.5. The Labute approximate surface area is 197 Å². The van der Waals surface area contributed by atoms with Gasteiger partial charge >= 0.3 is 6.03 Å². The zero-order valence-corrected chi connectivity index (χ0v) is 21.8. The summed E-state index contributed by atoms with van der Waals surface area (Å²) in [7, 11) is 0. The van der Waals surface area contributed by atoms with Gasteiger partial charge in [0.05, 0.1) is 17.7 Å². The fraction of sp³-hybridized carbons (Fsp3) is 0.870. The molecule has 2 aliphatic rings. The van der Waals surface area contributed by atoms with E-state index in [1.165, 1.54) is 0 Å². The Kier molecular flexibility index (Phi) is 8.32. The van der Waals surface area contributed by atoms with Gasteiger partial charge in [-0.3, -0.25) is 4.79 Å². The summed E-state index contributed by atoms with van der Waals surface area (Å²) in [5, 5.41) is 10.5. The van der Waals surface area contributed by atoms with Gasteiger partial charge < -0.3 is 21.1 Å². The maximum Gasteiger partial charge on any atom is 0.315 e. The molecule has 184 valence electrons. The van der Waals surface area contributed by atoms with E-state index in [0.717, 1.165) is 12.2 Å². The van der Waals surface area contributed by atoms with Crippen LogP contribution in [0.5, 0.6) is 0 Å². The first-order chi connectivity index (χ1) is 14.5. The maximum atomic E-state index is 12.9. The highest BCUT2D eigenvalue weighted by Gasteiger charge is 2.51. The van der Waals surface area contributed by atoms with Crippen molar-refractivity contribution in [1.29, 1.82) is 0 Å². The minimum absolute atomic E-state index is 0.0916. The van der Waals surface area contributed by atoms with E-state index in [1.807, 2.05) is 53.3 Å². The lowest BCUT2D eigenvalue weighted by Crippen LogP contribution is -2.47. The van der Waals surface area contributed by atoms with Crippen molar-refractivity contribution in [2.75, 3.05) is 12.4 Å². The average Bonchev–Trinajstić information content (AvgIpc) is 3.15. The molecule has 0 bridgehead atoms. The predicted octanol–water partition coefficient (Wildman–Crippen LogP) is 3.01. The van der Waals surface area contributed by atoms with Crippen LogP contribution in [0.1, 0.15) is 74.7 Å². The summed E-state index contributed by atoms with van der Waals surface area (Å²) in [6.45, 7) is 16.8. The molecule has 0 spiro atoms. The summed E-state index contributed by atoms with van der Waals surface area (Å²) < 4.78 is 5.92. The van der Waals surface area contributed by atoms with Gasteiger partial charge in [-0.1, -0.05) is 27.7 Å². The molecule has 0 radical (unpaired) electrons. The summed E-state index contributed by atoms with van der Waals surface area (Å²) in [6, 6.07) is 0.178. The lowest BCUT2D eigenvalue weighted by molar-refractivity contribution is -0.131. The lowest BCUT2D eigenvalue weighted by atomic mass is 9.71. The molecule has 3 atom stereocenters. The van der Waals surface area contributed by atoms with Crippen molar-refractivity contribution in [3.05, 3.63) is 0 Å². The Morgan fingerprint density at radius 1 is 1.22 bits per heavy atom. The first-order valence-electron chi connectivity index (χ1n) is 11.5. The van der Waals surface area contributed by atoms with Crippen LogP contribution in [-0.4, -0.2) is 59.0 Å². The molecule has 2 aliphatic heterocycles. The first kappa shape index (κ1) is 26.9. The van der Waals surface area contributed by atoms with E-state index >= 15 is 0 Å². The van der Waals surface area contributed by atoms with E-state index < -0.39 is 5.41 Å². The van der Waals surface area contributed by atoms with Crippen molar-refractivity contribution >= 4 is 29.9 Å². The van der Waals surface area contributed by atoms with Crippen molar-refractivity contribution in [2.24, 2.45) is 21.7 Å². The number of thioether (sulfide) groups is 1. The Morgan fingerprint density at radius 2 is 1.88 bits per heavy atom. The summed E-state index contributed by atoms with van der Waals surface area (Å²) in [4.78, 5) is 24.6. The number of nitrogens with two attached hydrogens (primary N) is 1. The predicted molar refractivity (Wildman–Crippen MR) is 132 cm³/mol. The molecule has 0 saturated carbocycles. The Hall–Kier alpha value is -1.32. The van der Waals surface area contributed by atoms with Crippen molar-refractivity contribution < 1.29 is 14.3 Å². The van der Waals surface area contributed by atoms with Crippen LogP contribution in [0.2, 0.25) is 0 Å². The van der Waals surface area contributed by atoms with Crippen LogP contribution >= 0.6 is 11.8 Å². The molecule has 0 aromatic heterocycles. The number of hydrogen-bond donors (Lipinski definition) is 4. The number of hydrogen-bond acceptors (Lipinski definition) is 6. The number of nitrogens with one attached hydrogen (secondary N) is 3. The molecule has 2 heterocycles. The molecule has 2 rings (SSSR count). The molecule has 3 unspecified atom stereocenters. The van der Waals surface area contributed by atoms with Gasteiger partial charge in [0, 0.05) is 41.2 Å². The second kappa shape index (κ2) is 9.89. The van der Waals surface area contributed by atoms with E-state index in [4.69, 9.17) is 10.5 Å². The third kappa shape index (κ3) is 7.63. The molecule has 3 amide bonds. The summed E-state index contributed by atoms with van der Waals surface area (Å²) >= 11 is 1.87. The van der Waals surface area contributed by atoms with Crippen molar-refractivity contribution in [3.8, 4) is 0 Å². The number of carbonyl (C=O) groups is 2. The van der Waals surface area contributed by atoms with Crippen molar-refractivity contribution in [2.45, 2.75) is 103 Å². The van der Waals surface area contributed by atoms with Gasteiger partial charge in [0.1, 0.15) is 0 Å². The number of fused-ring (bicyclic) bond motifs is 1. The number of hydrazone groups is 1. The number of carbonyl (C=O) groups excluding carboxylic acids is 2. The average molecular weight is 470 g/mol. The molecule has 0 aromatic rings. The largest absolute Gasteiger partial charge is 0.375 e. The van der Waals surface area contributed by atoms with E-state index in [9.17, 15) is 9.59 Å². The number of ether oxygens (including phenoxy) is 1. The van der Waals surface area contributed by atoms with Gasteiger partial charge in [-0.25, -0.2) is 10.2 Å². The quantitative estimate of drug-likeness (QED) is 0.211. The van der Waals surface area contributed by atoms with Crippen LogP contribution in [0.4, 0.5) is 4.79 Å². The second-order valence-corrected chi connectivity index (χ2v) is 13.0. The Morgan fingerprint density at radius 3 is 2.50 bits per heavy atom.